The lowest BCUT2D eigenvalue weighted by molar-refractivity contribution is -0.125. The van der Waals surface area contributed by atoms with E-state index in [2.05, 4.69) is 10.6 Å². The van der Waals surface area contributed by atoms with Crippen molar-refractivity contribution in [2.75, 3.05) is 19.6 Å². The molecule has 0 fully saturated rings. The van der Waals surface area contributed by atoms with Gasteiger partial charge in [0, 0.05) is 48.8 Å². The van der Waals surface area contributed by atoms with E-state index in [0.29, 0.717) is 49.5 Å². The lowest BCUT2D eigenvalue weighted by atomic mass is 9.91. The molecule has 2 rings (SSSR count). The van der Waals surface area contributed by atoms with Crippen molar-refractivity contribution in [1.29, 1.82) is 0 Å². The molecule has 0 aliphatic carbocycles. The molecule has 39 heavy (non-hydrogen) atoms. The number of halogens is 1. The second-order valence-electron chi connectivity index (χ2n) is 10.7. The first kappa shape index (κ1) is 32.0. The van der Waals surface area contributed by atoms with Crippen LogP contribution in [0.1, 0.15) is 80.2 Å². The van der Waals surface area contributed by atoms with E-state index >= 15 is 0 Å². The van der Waals surface area contributed by atoms with Crippen molar-refractivity contribution in [2.45, 2.75) is 72.4 Å². The Balaban J connectivity index is 2.22. The fraction of sp³-hybridized carbons (Fsp3) is 0.516. The maximum atomic E-state index is 13.5. The number of carbonyl (C=O) groups excluding carboxylic acids is 3. The first-order valence-electron chi connectivity index (χ1n) is 14.0. The quantitative estimate of drug-likeness (QED) is 0.308. The summed E-state index contributed by atoms with van der Waals surface area (Å²) in [4.78, 5) is 40.8. The largest absolute Gasteiger partial charge is 0.356 e. The van der Waals surface area contributed by atoms with E-state index in [4.69, 9.17) is 5.73 Å². The zero-order valence-electron chi connectivity index (χ0n) is 24.0. The number of carbonyl (C=O) groups is 3. The highest BCUT2D eigenvalue weighted by atomic mass is 19.1. The van der Waals surface area contributed by atoms with E-state index in [1.807, 2.05) is 34.6 Å². The van der Waals surface area contributed by atoms with Gasteiger partial charge in [-0.25, -0.2) is 4.39 Å². The van der Waals surface area contributed by atoms with Crippen LogP contribution in [0.25, 0.3) is 0 Å². The summed E-state index contributed by atoms with van der Waals surface area (Å²) in [6, 6.07) is 11.7. The molecule has 7 nitrogen and oxygen atoms in total. The van der Waals surface area contributed by atoms with E-state index in [1.54, 1.807) is 41.3 Å². The van der Waals surface area contributed by atoms with Crippen molar-refractivity contribution in [3.8, 4) is 0 Å². The van der Waals surface area contributed by atoms with Gasteiger partial charge < -0.3 is 21.3 Å². The van der Waals surface area contributed by atoms with Crippen LogP contribution in [0, 0.1) is 17.7 Å². The molecule has 0 spiro atoms. The fourth-order valence-corrected chi connectivity index (χ4v) is 4.42. The first-order valence-corrected chi connectivity index (χ1v) is 14.0. The lowest BCUT2D eigenvalue weighted by Crippen LogP contribution is -2.50. The minimum Gasteiger partial charge on any atom is -0.356 e. The Morgan fingerprint density at radius 2 is 1.56 bits per heavy atom. The van der Waals surface area contributed by atoms with Gasteiger partial charge >= 0.3 is 0 Å². The van der Waals surface area contributed by atoms with E-state index in [1.165, 1.54) is 12.1 Å². The molecule has 3 atom stereocenters. The smallest absolute Gasteiger partial charge is 0.253 e. The summed E-state index contributed by atoms with van der Waals surface area (Å²) in [5, 5.41) is 5.96. The number of benzene rings is 2. The van der Waals surface area contributed by atoms with Crippen molar-refractivity contribution < 1.29 is 18.8 Å². The molecule has 0 saturated carbocycles. The molecule has 2 aromatic carbocycles. The van der Waals surface area contributed by atoms with Crippen LogP contribution in [-0.2, 0) is 11.2 Å². The topological polar surface area (TPSA) is 105 Å². The second-order valence-corrected chi connectivity index (χ2v) is 10.7. The van der Waals surface area contributed by atoms with Crippen LogP contribution < -0.4 is 16.4 Å². The molecule has 0 aliphatic rings. The average Bonchev–Trinajstić information content (AvgIpc) is 2.91. The van der Waals surface area contributed by atoms with Crippen LogP contribution in [0.15, 0.2) is 48.5 Å². The average molecular weight is 541 g/mol. The molecule has 0 aromatic heterocycles. The lowest BCUT2D eigenvalue weighted by Gasteiger charge is -2.27. The Bertz CT molecular complexity index is 1070. The summed E-state index contributed by atoms with van der Waals surface area (Å²) in [6.45, 7) is 11.8. The van der Waals surface area contributed by atoms with Crippen molar-refractivity contribution in [3.05, 3.63) is 71.0 Å². The summed E-state index contributed by atoms with van der Waals surface area (Å²) < 4.78 is 13.5. The summed E-state index contributed by atoms with van der Waals surface area (Å²) in [6.07, 6.45) is 2.43. The van der Waals surface area contributed by atoms with Gasteiger partial charge in [0.1, 0.15) is 5.82 Å². The van der Waals surface area contributed by atoms with Gasteiger partial charge in [-0.05, 0) is 67.5 Å². The van der Waals surface area contributed by atoms with Crippen LogP contribution in [0.5, 0.6) is 0 Å². The van der Waals surface area contributed by atoms with Crippen LogP contribution in [0.3, 0.4) is 0 Å². The maximum Gasteiger partial charge on any atom is 0.253 e. The number of rotatable bonds is 15. The monoisotopic (exact) mass is 540 g/mol. The summed E-state index contributed by atoms with van der Waals surface area (Å²) >= 11 is 0. The van der Waals surface area contributed by atoms with Crippen LogP contribution in [-0.4, -0.2) is 54.3 Å². The van der Waals surface area contributed by atoms with Crippen LogP contribution in [0.4, 0.5) is 4.39 Å². The van der Waals surface area contributed by atoms with Crippen LogP contribution in [0.2, 0.25) is 0 Å². The Morgan fingerprint density at radius 1 is 0.949 bits per heavy atom. The van der Waals surface area contributed by atoms with Gasteiger partial charge in [0.05, 0.1) is 0 Å². The number of nitrogens with two attached hydrogens (primary N) is 1. The number of amides is 3. The molecule has 4 N–H and O–H groups in total. The molecule has 0 heterocycles. The summed E-state index contributed by atoms with van der Waals surface area (Å²) in [5.41, 5.74) is 8.20. The predicted octanol–water partition coefficient (Wildman–Crippen LogP) is 4.55. The molecular formula is C31H45FN4O3. The third kappa shape index (κ3) is 10.4. The van der Waals surface area contributed by atoms with Gasteiger partial charge in [0.15, 0.2) is 0 Å². The first-order chi connectivity index (χ1) is 18.5. The zero-order valence-corrected chi connectivity index (χ0v) is 24.0. The Kier molecular flexibility index (Phi) is 13.1. The van der Waals surface area contributed by atoms with Crippen molar-refractivity contribution in [3.63, 3.8) is 0 Å². The maximum absolute atomic E-state index is 13.5. The summed E-state index contributed by atoms with van der Waals surface area (Å²) in [5.74, 6) is -0.910. The molecule has 0 unspecified atom stereocenters. The van der Waals surface area contributed by atoms with E-state index in [0.717, 1.165) is 18.4 Å². The highest BCUT2D eigenvalue weighted by Gasteiger charge is 2.26. The van der Waals surface area contributed by atoms with Gasteiger partial charge in [-0.15, -0.1) is 0 Å². The third-order valence-electron chi connectivity index (χ3n) is 6.61. The molecule has 0 saturated heterocycles. The number of nitrogens with zero attached hydrogens (tertiary/aromatic N) is 1. The Labute approximate surface area is 232 Å². The molecular weight excluding hydrogens is 495 g/mol. The number of nitrogens with one attached hydrogen (secondary N) is 2. The SMILES string of the molecule is CCCN(CCC)C(=O)c1cccc(C(=O)N[C@@H](Cc2ccc(F)cc2)[C@@H](N)C[C@@H](C)C(=O)NCC(C)C)c1. The normalized spacial score (nSPS) is 13.4. The van der Waals surface area contributed by atoms with Crippen molar-refractivity contribution in [2.24, 2.45) is 17.6 Å². The third-order valence-corrected chi connectivity index (χ3v) is 6.61. The fourth-order valence-electron chi connectivity index (χ4n) is 4.42. The van der Waals surface area contributed by atoms with Gasteiger partial charge in [-0.1, -0.05) is 52.8 Å². The molecule has 3 amide bonds. The molecule has 0 radical (unpaired) electrons. The molecule has 214 valence electrons. The van der Waals surface area contributed by atoms with Gasteiger partial charge in [-0.3, -0.25) is 14.4 Å². The standard InChI is InChI=1S/C31H45FN4O3/c1-6-15-36(16-7-2)31(39)25-10-8-9-24(19-25)30(38)35-28(18-23-11-13-26(32)14-12-23)27(33)17-22(5)29(37)34-20-21(3)4/h8-14,19,21-22,27-28H,6-7,15-18,20,33H2,1-5H3,(H,34,37)(H,35,38)/t22-,27+,28+/m1/s1. The highest BCUT2D eigenvalue weighted by Crippen LogP contribution is 2.15. The minimum absolute atomic E-state index is 0.0825. The van der Waals surface area contributed by atoms with Gasteiger partial charge in [0.2, 0.25) is 5.91 Å². The van der Waals surface area contributed by atoms with Gasteiger partial charge in [-0.2, -0.15) is 0 Å². The number of hydrogen-bond acceptors (Lipinski definition) is 4. The second kappa shape index (κ2) is 16.0. The summed E-state index contributed by atoms with van der Waals surface area (Å²) in [7, 11) is 0. The van der Waals surface area contributed by atoms with E-state index in [-0.39, 0.29) is 29.5 Å². The molecule has 2 aromatic rings. The predicted molar refractivity (Wildman–Crippen MR) is 154 cm³/mol. The molecule has 0 aliphatic heterocycles. The van der Waals surface area contributed by atoms with Crippen molar-refractivity contribution >= 4 is 17.7 Å². The Hall–Kier alpha value is -3.26. The highest BCUT2D eigenvalue weighted by molar-refractivity contribution is 5.99. The van der Waals surface area contributed by atoms with Crippen molar-refractivity contribution in [1.82, 2.24) is 15.5 Å². The zero-order chi connectivity index (χ0) is 28.9. The van der Waals surface area contributed by atoms with Gasteiger partial charge in [0.25, 0.3) is 11.8 Å². The molecule has 8 heteroatoms. The van der Waals surface area contributed by atoms with E-state index < -0.39 is 12.1 Å². The molecule has 0 bridgehead atoms. The number of hydrogen-bond donors (Lipinski definition) is 3. The minimum atomic E-state index is -0.534. The van der Waals surface area contributed by atoms with E-state index in [9.17, 15) is 18.8 Å². The Morgan fingerprint density at radius 3 is 2.15 bits per heavy atom. The van der Waals surface area contributed by atoms with Crippen LogP contribution >= 0.6 is 0 Å².